The van der Waals surface area contributed by atoms with E-state index in [0.717, 1.165) is 5.75 Å². The minimum atomic E-state index is -3.57. The Morgan fingerprint density at radius 1 is 1.07 bits per heavy atom. The second-order valence-electron chi connectivity index (χ2n) is 6.93. The van der Waals surface area contributed by atoms with E-state index in [2.05, 4.69) is 0 Å². The molecule has 27 heavy (non-hydrogen) atoms. The SMILES string of the molecule is O=S(=O)(c1cccc(Cl)c1)N1CCC(CO)(CCOc2ccccc2)CC1. The standard InChI is InChI=1S/C20H24ClNO4S/c21-17-5-4-8-19(15-17)27(24,25)22-12-9-20(16-23,10-13-22)11-14-26-18-6-2-1-3-7-18/h1-8,15,23H,9-14,16H2. The zero-order valence-corrected chi connectivity index (χ0v) is 16.6. The number of aliphatic hydroxyl groups is 1. The summed E-state index contributed by atoms with van der Waals surface area (Å²) in [5.41, 5.74) is -0.310. The molecule has 1 N–H and O–H groups in total. The molecule has 0 saturated carbocycles. The molecule has 0 radical (unpaired) electrons. The van der Waals surface area contributed by atoms with E-state index in [9.17, 15) is 13.5 Å². The molecule has 0 bridgehead atoms. The smallest absolute Gasteiger partial charge is 0.243 e. The largest absolute Gasteiger partial charge is 0.494 e. The van der Waals surface area contributed by atoms with E-state index < -0.39 is 10.0 Å². The van der Waals surface area contributed by atoms with Crippen molar-refractivity contribution in [2.45, 2.75) is 24.2 Å². The van der Waals surface area contributed by atoms with Crippen molar-refractivity contribution in [3.8, 4) is 5.75 Å². The van der Waals surface area contributed by atoms with Gasteiger partial charge in [-0.05, 0) is 55.0 Å². The lowest BCUT2D eigenvalue weighted by molar-refractivity contribution is 0.0471. The molecule has 1 aliphatic heterocycles. The predicted molar refractivity (Wildman–Crippen MR) is 106 cm³/mol. The minimum absolute atomic E-state index is 0.0240. The number of hydrogen-bond acceptors (Lipinski definition) is 4. The second kappa shape index (κ2) is 8.61. The number of rotatable bonds is 7. The number of sulfonamides is 1. The fourth-order valence-electron chi connectivity index (χ4n) is 3.37. The maximum Gasteiger partial charge on any atom is 0.243 e. The van der Waals surface area contributed by atoms with Crippen molar-refractivity contribution < 1.29 is 18.3 Å². The predicted octanol–water partition coefficient (Wildman–Crippen LogP) is 3.57. The number of nitrogens with zero attached hydrogens (tertiary/aromatic N) is 1. The summed E-state index contributed by atoms with van der Waals surface area (Å²) in [5.74, 6) is 0.798. The Hall–Kier alpha value is -1.60. The summed E-state index contributed by atoms with van der Waals surface area (Å²) in [6.07, 6.45) is 1.88. The average molecular weight is 410 g/mol. The van der Waals surface area contributed by atoms with Crippen molar-refractivity contribution in [2.75, 3.05) is 26.3 Å². The van der Waals surface area contributed by atoms with Crippen LogP contribution in [0.25, 0.3) is 0 Å². The highest BCUT2D eigenvalue weighted by molar-refractivity contribution is 7.89. The minimum Gasteiger partial charge on any atom is -0.494 e. The number of halogens is 1. The van der Waals surface area contributed by atoms with E-state index in [-0.39, 0.29) is 16.9 Å². The van der Waals surface area contributed by atoms with Gasteiger partial charge in [0.05, 0.1) is 11.5 Å². The zero-order chi connectivity index (χ0) is 19.3. The van der Waals surface area contributed by atoms with Gasteiger partial charge in [-0.3, -0.25) is 0 Å². The van der Waals surface area contributed by atoms with Crippen LogP contribution in [-0.4, -0.2) is 44.1 Å². The molecule has 146 valence electrons. The Morgan fingerprint density at radius 2 is 1.78 bits per heavy atom. The molecule has 1 heterocycles. The van der Waals surface area contributed by atoms with Gasteiger partial charge in [-0.25, -0.2) is 8.42 Å². The van der Waals surface area contributed by atoms with Crippen LogP contribution in [0.15, 0.2) is 59.5 Å². The van der Waals surface area contributed by atoms with E-state index in [1.807, 2.05) is 30.3 Å². The van der Waals surface area contributed by atoms with Crippen LogP contribution in [0, 0.1) is 5.41 Å². The molecule has 0 spiro atoms. The quantitative estimate of drug-likeness (QED) is 0.759. The summed E-state index contributed by atoms with van der Waals surface area (Å²) in [7, 11) is -3.57. The van der Waals surface area contributed by atoms with Crippen LogP contribution < -0.4 is 4.74 Å². The molecule has 0 atom stereocenters. The molecule has 1 aliphatic rings. The van der Waals surface area contributed by atoms with Crippen molar-refractivity contribution in [2.24, 2.45) is 5.41 Å². The Balaban J connectivity index is 1.60. The van der Waals surface area contributed by atoms with Crippen molar-refractivity contribution in [3.05, 3.63) is 59.6 Å². The molecule has 3 rings (SSSR count). The zero-order valence-electron chi connectivity index (χ0n) is 15.1. The Morgan fingerprint density at radius 3 is 2.41 bits per heavy atom. The highest BCUT2D eigenvalue weighted by Gasteiger charge is 2.38. The van der Waals surface area contributed by atoms with Crippen LogP contribution in [0.1, 0.15) is 19.3 Å². The lowest BCUT2D eigenvalue weighted by Gasteiger charge is -2.40. The lowest BCUT2D eigenvalue weighted by atomic mass is 9.77. The summed E-state index contributed by atoms with van der Waals surface area (Å²) in [4.78, 5) is 0.207. The second-order valence-corrected chi connectivity index (χ2v) is 9.31. The van der Waals surface area contributed by atoms with Gasteiger partial charge in [0.25, 0.3) is 0 Å². The monoisotopic (exact) mass is 409 g/mol. The Bertz CT molecular complexity index is 849. The number of para-hydroxylation sites is 1. The average Bonchev–Trinajstić information content (AvgIpc) is 2.69. The van der Waals surface area contributed by atoms with Gasteiger partial charge in [-0.15, -0.1) is 0 Å². The molecule has 7 heteroatoms. The highest BCUT2D eigenvalue weighted by atomic mass is 35.5. The van der Waals surface area contributed by atoms with Gasteiger partial charge in [0, 0.05) is 24.7 Å². The fraction of sp³-hybridized carbons (Fsp3) is 0.400. The number of aliphatic hydroxyl groups excluding tert-OH is 1. The van der Waals surface area contributed by atoms with E-state index in [4.69, 9.17) is 16.3 Å². The molecule has 0 aromatic heterocycles. The van der Waals surface area contributed by atoms with Crippen molar-refractivity contribution >= 4 is 21.6 Å². The van der Waals surface area contributed by atoms with Crippen molar-refractivity contribution in [3.63, 3.8) is 0 Å². The van der Waals surface area contributed by atoms with E-state index in [1.54, 1.807) is 18.2 Å². The first-order chi connectivity index (χ1) is 13.0. The lowest BCUT2D eigenvalue weighted by Crippen LogP contribution is -2.45. The molecule has 2 aromatic carbocycles. The van der Waals surface area contributed by atoms with Gasteiger partial charge in [0.1, 0.15) is 5.75 Å². The first-order valence-corrected chi connectivity index (χ1v) is 10.8. The van der Waals surface area contributed by atoms with Gasteiger partial charge in [0.15, 0.2) is 0 Å². The maximum atomic E-state index is 12.8. The Kier molecular flexibility index (Phi) is 6.42. The summed E-state index contributed by atoms with van der Waals surface area (Å²) in [5, 5.41) is 10.3. The first kappa shape index (κ1) is 20.1. The fourth-order valence-corrected chi connectivity index (χ4v) is 5.11. The topological polar surface area (TPSA) is 66.8 Å². The van der Waals surface area contributed by atoms with Crippen LogP contribution in [-0.2, 0) is 10.0 Å². The van der Waals surface area contributed by atoms with Gasteiger partial charge in [0.2, 0.25) is 10.0 Å². The van der Waals surface area contributed by atoms with Gasteiger partial charge in [-0.2, -0.15) is 4.31 Å². The van der Waals surface area contributed by atoms with E-state index in [1.165, 1.54) is 10.4 Å². The third kappa shape index (κ3) is 4.82. The van der Waals surface area contributed by atoms with E-state index >= 15 is 0 Å². The van der Waals surface area contributed by atoms with Gasteiger partial charge < -0.3 is 9.84 Å². The van der Waals surface area contributed by atoms with Crippen LogP contribution in [0.2, 0.25) is 5.02 Å². The molecular formula is C20H24ClNO4S. The molecule has 1 fully saturated rings. The number of hydrogen-bond donors (Lipinski definition) is 1. The normalized spacial score (nSPS) is 17.6. The van der Waals surface area contributed by atoms with Crippen molar-refractivity contribution in [1.82, 2.24) is 4.31 Å². The summed E-state index contributed by atoms with van der Waals surface area (Å²) in [6.45, 7) is 1.27. The van der Waals surface area contributed by atoms with Crippen LogP contribution in [0.4, 0.5) is 0 Å². The highest BCUT2D eigenvalue weighted by Crippen LogP contribution is 2.36. The van der Waals surface area contributed by atoms with Crippen LogP contribution in [0.3, 0.4) is 0 Å². The number of benzene rings is 2. The summed E-state index contributed by atoms with van der Waals surface area (Å²) in [6, 6.07) is 15.9. The molecule has 1 saturated heterocycles. The summed E-state index contributed by atoms with van der Waals surface area (Å²) < 4.78 is 32.9. The van der Waals surface area contributed by atoms with Crippen LogP contribution >= 0.6 is 11.6 Å². The maximum absolute atomic E-state index is 12.8. The van der Waals surface area contributed by atoms with Crippen molar-refractivity contribution in [1.29, 1.82) is 0 Å². The van der Waals surface area contributed by atoms with Gasteiger partial charge in [-0.1, -0.05) is 35.9 Å². The Labute approximate surface area is 165 Å². The summed E-state index contributed by atoms with van der Waals surface area (Å²) >= 11 is 5.94. The van der Waals surface area contributed by atoms with E-state index in [0.29, 0.717) is 44.0 Å². The van der Waals surface area contributed by atoms with Crippen LogP contribution in [0.5, 0.6) is 5.75 Å². The molecule has 0 unspecified atom stereocenters. The molecule has 5 nitrogen and oxygen atoms in total. The third-order valence-corrected chi connectivity index (χ3v) is 7.33. The molecule has 2 aromatic rings. The first-order valence-electron chi connectivity index (χ1n) is 9.00. The number of ether oxygens (including phenoxy) is 1. The number of piperidine rings is 1. The molecular weight excluding hydrogens is 386 g/mol. The van der Waals surface area contributed by atoms with Gasteiger partial charge >= 0.3 is 0 Å². The third-order valence-electron chi connectivity index (χ3n) is 5.20. The molecule has 0 amide bonds. The molecule has 0 aliphatic carbocycles.